The first-order valence-electron chi connectivity index (χ1n) is 8.50. The predicted molar refractivity (Wildman–Crippen MR) is 91.3 cm³/mol. The number of benzene rings is 1. The van der Waals surface area contributed by atoms with Crippen LogP contribution in [0.25, 0.3) is 0 Å². The van der Waals surface area contributed by atoms with Gasteiger partial charge in [0.25, 0.3) is 11.6 Å². The molecular weight excluding hydrogens is 324 g/mol. The van der Waals surface area contributed by atoms with Crippen LogP contribution >= 0.6 is 0 Å². The average Bonchev–Trinajstić information content (AvgIpc) is 3.38. The molecule has 0 atom stereocenters. The van der Waals surface area contributed by atoms with Crippen molar-refractivity contribution in [2.24, 2.45) is 0 Å². The molecule has 0 bridgehead atoms. The Balaban J connectivity index is 1.57. The van der Waals surface area contributed by atoms with E-state index in [0.29, 0.717) is 49.9 Å². The van der Waals surface area contributed by atoms with E-state index in [1.54, 1.807) is 17.9 Å². The summed E-state index contributed by atoms with van der Waals surface area (Å²) < 4.78 is 0. The number of nitro groups is 1. The molecule has 1 aliphatic heterocycles. The fraction of sp³-hybridized carbons (Fsp3) is 0.529. The second kappa shape index (κ2) is 7.18. The maximum atomic E-state index is 12.7. The molecule has 0 spiro atoms. The van der Waals surface area contributed by atoms with Crippen LogP contribution in [0.5, 0.6) is 0 Å². The van der Waals surface area contributed by atoms with Gasteiger partial charge in [0.1, 0.15) is 0 Å². The van der Waals surface area contributed by atoms with Gasteiger partial charge in [0.2, 0.25) is 5.91 Å². The Morgan fingerprint density at radius 1 is 1.24 bits per heavy atom. The summed E-state index contributed by atoms with van der Waals surface area (Å²) in [5.74, 6) is -0.153. The summed E-state index contributed by atoms with van der Waals surface area (Å²) in [6.45, 7) is 4.23. The fourth-order valence-electron chi connectivity index (χ4n) is 3.04. The molecule has 0 aromatic heterocycles. The fourth-order valence-corrected chi connectivity index (χ4v) is 3.04. The molecule has 1 aromatic carbocycles. The van der Waals surface area contributed by atoms with E-state index in [1.165, 1.54) is 12.1 Å². The molecule has 25 heavy (non-hydrogen) atoms. The van der Waals surface area contributed by atoms with Crippen molar-refractivity contribution < 1.29 is 14.5 Å². The van der Waals surface area contributed by atoms with Crippen molar-refractivity contribution in [1.29, 1.82) is 0 Å². The lowest BCUT2D eigenvalue weighted by Gasteiger charge is -2.34. The SMILES string of the molecule is Cc1c(C(=O)N2CCN(CC(=O)NC3CC3)CC2)cccc1[N+](=O)[O-]. The van der Waals surface area contributed by atoms with Crippen molar-refractivity contribution in [1.82, 2.24) is 15.1 Å². The highest BCUT2D eigenvalue weighted by Crippen LogP contribution is 2.23. The first-order valence-corrected chi connectivity index (χ1v) is 8.50. The zero-order chi connectivity index (χ0) is 18.0. The summed E-state index contributed by atoms with van der Waals surface area (Å²) in [6.07, 6.45) is 2.13. The molecule has 1 saturated carbocycles. The minimum absolute atomic E-state index is 0.0387. The zero-order valence-electron chi connectivity index (χ0n) is 14.2. The number of nitrogens with zero attached hydrogens (tertiary/aromatic N) is 3. The molecular formula is C17H22N4O4. The quantitative estimate of drug-likeness (QED) is 0.632. The molecule has 2 amide bonds. The summed E-state index contributed by atoms with van der Waals surface area (Å²) in [5.41, 5.74) is 0.721. The molecule has 1 N–H and O–H groups in total. The summed E-state index contributed by atoms with van der Waals surface area (Å²) in [5, 5.41) is 14.0. The number of nitro benzene ring substituents is 1. The lowest BCUT2D eigenvalue weighted by atomic mass is 10.1. The Labute approximate surface area is 145 Å². The predicted octanol–water partition coefficient (Wildman–Crippen LogP) is 0.940. The van der Waals surface area contributed by atoms with E-state index < -0.39 is 4.92 Å². The van der Waals surface area contributed by atoms with Gasteiger partial charge in [-0.3, -0.25) is 24.6 Å². The molecule has 8 heteroatoms. The number of piperazine rings is 1. The summed E-state index contributed by atoms with van der Waals surface area (Å²) in [6, 6.07) is 4.92. The van der Waals surface area contributed by atoms with E-state index in [-0.39, 0.29) is 17.5 Å². The normalized spacial score (nSPS) is 18.0. The highest BCUT2D eigenvalue weighted by atomic mass is 16.6. The third-order valence-electron chi connectivity index (χ3n) is 4.70. The Morgan fingerprint density at radius 3 is 2.52 bits per heavy atom. The average molecular weight is 346 g/mol. The molecule has 0 radical (unpaired) electrons. The van der Waals surface area contributed by atoms with Crippen molar-refractivity contribution in [3.63, 3.8) is 0 Å². The van der Waals surface area contributed by atoms with Crippen LogP contribution in [0.1, 0.15) is 28.8 Å². The van der Waals surface area contributed by atoms with Crippen molar-refractivity contribution in [2.75, 3.05) is 32.7 Å². The van der Waals surface area contributed by atoms with E-state index in [0.717, 1.165) is 12.8 Å². The van der Waals surface area contributed by atoms with E-state index >= 15 is 0 Å². The number of carbonyl (C=O) groups excluding carboxylic acids is 2. The highest BCUT2D eigenvalue weighted by Gasteiger charge is 2.28. The van der Waals surface area contributed by atoms with Gasteiger partial charge in [0, 0.05) is 49.4 Å². The molecule has 1 heterocycles. The van der Waals surface area contributed by atoms with Gasteiger partial charge < -0.3 is 10.2 Å². The number of nitrogens with one attached hydrogen (secondary N) is 1. The third-order valence-corrected chi connectivity index (χ3v) is 4.70. The van der Waals surface area contributed by atoms with Gasteiger partial charge in [0.05, 0.1) is 11.5 Å². The molecule has 1 aliphatic carbocycles. The van der Waals surface area contributed by atoms with Crippen LogP contribution in [-0.4, -0.2) is 65.3 Å². The topological polar surface area (TPSA) is 95.8 Å². The first-order chi connectivity index (χ1) is 12.0. The molecule has 1 saturated heterocycles. The van der Waals surface area contributed by atoms with Gasteiger partial charge in [-0.25, -0.2) is 0 Å². The highest BCUT2D eigenvalue weighted by molar-refractivity contribution is 5.96. The second-order valence-electron chi connectivity index (χ2n) is 6.62. The smallest absolute Gasteiger partial charge is 0.273 e. The van der Waals surface area contributed by atoms with Gasteiger partial charge in [-0.2, -0.15) is 0 Å². The summed E-state index contributed by atoms with van der Waals surface area (Å²) in [7, 11) is 0. The first kappa shape index (κ1) is 17.3. The number of carbonyl (C=O) groups is 2. The molecule has 1 aromatic rings. The molecule has 8 nitrogen and oxygen atoms in total. The minimum Gasteiger partial charge on any atom is -0.352 e. The molecule has 3 rings (SSSR count). The van der Waals surface area contributed by atoms with Gasteiger partial charge in [-0.1, -0.05) is 6.07 Å². The number of hydrogen-bond donors (Lipinski definition) is 1. The van der Waals surface area contributed by atoms with Crippen molar-refractivity contribution in [3.8, 4) is 0 Å². The summed E-state index contributed by atoms with van der Waals surface area (Å²) in [4.78, 5) is 38.8. The Morgan fingerprint density at radius 2 is 1.92 bits per heavy atom. The number of rotatable bonds is 5. The molecule has 2 aliphatic rings. The van der Waals surface area contributed by atoms with Crippen LogP contribution in [0, 0.1) is 17.0 Å². The van der Waals surface area contributed by atoms with Crippen LogP contribution in [0.3, 0.4) is 0 Å². The van der Waals surface area contributed by atoms with E-state index in [1.807, 2.05) is 4.90 Å². The zero-order valence-corrected chi connectivity index (χ0v) is 14.2. The van der Waals surface area contributed by atoms with E-state index in [2.05, 4.69) is 5.32 Å². The van der Waals surface area contributed by atoms with E-state index in [4.69, 9.17) is 0 Å². The van der Waals surface area contributed by atoms with Crippen LogP contribution in [0.15, 0.2) is 18.2 Å². The van der Waals surface area contributed by atoms with Crippen LogP contribution in [0.2, 0.25) is 0 Å². The maximum Gasteiger partial charge on any atom is 0.273 e. The largest absolute Gasteiger partial charge is 0.352 e. The van der Waals surface area contributed by atoms with Gasteiger partial charge in [-0.15, -0.1) is 0 Å². The monoisotopic (exact) mass is 346 g/mol. The maximum absolute atomic E-state index is 12.7. The van der Waals surface area contributed by atoms with Crippen molar-refractivity contribution in [3.05, 3.63) is 39.4 Å². The number of amides is 2. The van der Waals surface area contributed by atoms with Gasteiger partial charge in [-0.05, 0) is 25.8 Å². The molecule has 2 fully saturated rings. The van der Waals surface area contributed by atoms with Crippen LogP contribution in [0.4, 0.5) is 5.69 Å². The van der Waals surface area contributed by atoms with Gasteiger partial charge >= 0.3 is 0 Å². The number of hydrogen-bond acceptors (Lipinski definition) is 5. The van der Waals surface area contributed by atoms with Crippen molar-refractivity contribution in [2.45, 2.75) is 25.8 Å². The second-order valence-corrected chi connectivity index (χ2v) is 6.62. The Hall–Kier alpha value is -2.48. The Bertz CT molecular complexity index is 694. The standard InChI is InChI=1S/C17H22N4O4/c1-12-14(3-2-4-15(12)21(24)25)17(23)20-9-7-19(8-10-20)11-16(22)18-13-5-6-13/h2-4,13H,5-11H2,1H3,(H,18,22). The van der Waals surface area contributed by atoms with Gasteiger partial charge in [0.15, 0.2) is 0 Å². The summed E-state index contributed by atoms with van der Waals surface area (Å²) >= 11 is 0. The minimum atomic E-state index is -0.470. The third kappa shape index (κ3) is 4.14. The Kier molecular flexibility index (Phi) is 4.98. The molecule has 134 valence electrons. The van der Waals surface area contributed by atoms with Crippen LogP contribution < -0.4 is 5.32 Å². The lowest BCUT2D eigenvalue weighted by Crippen LogP contribution is -2.51. The van der Waals surface area contributed by atoms with Crippen LogP contribution in [-0.2, 0) is 4.79 Å². The molecule has 0 unspecified atom stereocenters. The lowest BCUT2D eigenvalue weighted by molar-refractivity contribution is -0.385. The van der Waals surface area contributed by atoms with Crippen molar-refractivity contribution >= 4 is 17.5 Å². The van der Waals surface area contributed by atoms with E-state index in [9.17, 15) is 19.7 Å².